The summed E-state index contributed by atoms with van der Waals surface area (Å²) in [6.45, 7) is 6.94. The summed E-state index contributed by atoms with van der Waals surface area (Å²) in [6.07, 6.45) is 6.28. The predicted molar refractivity (Wildman–Crippen MR) is 203 cm³/mol. The SMILES string of the molecule is CC1(C)CC=C(c2ccc(C(Cc3ccc(C(=O)NCCS(=O)(=O)O)cc3)C(=O)Nc3ccc(-c4nc5ccccc5o4)cc3)cc2)[C@]2(C)CC[C@H]12. The Morgan fingerprint density at radius 1 is 0.923 bits per heavy atom. The van der Waals surface area contributed by atoms with Gasteiger partial charge in [0, 0.05) is 23.4 Å². The molecule has 5 aromatic rings. The van der Waals surface area contributed by atoms with Crippen LogP contribution in [0.4, 0.5) is 5.69 Å². The zero-order valence-electron chi connectivity index (χ0n) is 29.6. The average Bonchev–Trinajstić information content (AvgIpc) is 3.54. The lowest BCUT2D eigenvalue weighted by Crippen LogP contribution is -2.49. The van der Waals surface area contributed by atoms with Crippen molar-refractivity contribution in [3.8, 4) is 11.5 Å². The molecule has 1 heterocycles. The number of allylic oxidation sites excluding steroid dienone is 2. The molecule has 3 atom stereocenters. The van der Waals surface area contributed by atoms with Gasteiger partial charge in [0.25, 0.3) is 16.0 Å². The van der Waals surface area contributed by atoms with Crippen LogP contribution in [0.15, 0.2) is 108 Å². The number of aromatic nitrogens is 1. The van der Waals surface area contributed by atoms with Crippen LogP contribution in [0.1, 0.15) is 73.0 Å². The van der Waals surface area contributed by atoms with Gasteiger partial charge in [-0.25, -0.2) is 4.98 Å². The van der Waals surface area contributed by atoms with Gasteiger partial charge in [-0.3, -0.25) is 14.1 Å². The molecule has 0 saturated heterocycles. The third-order valence-electron chi connectivity index (χ3n) is 11.0. The van der Waals surface area contributed by atoms with Gasteiger partial charge in [-0.15, -0.1) is 0 Å². The number of carbonyl (C=O) groups is 2. The summed E-state index contributed by atoms with van der Waals surface area (Å²) in [7, 11) is -4.18. The van der Waals surface area contributed by atoms with Crippen molar-refractivity contribution < 1.29 is 27.0 Å². The van der Waals surface area contributed by atoms with E-state index in [4.69, 9.17) is 8.97 Å². The zero-order valence-corrected chi connectivity index (χ0v) is 30.4. The fourth-order valence-corrected chi connectivity index (χ4v) is 8.45. The summed E-state index contributed by atoms with van der Waals surface area (Å²) in [5, 5.41) is 5.61. The summed E-state index contributed by atoms with van der Waals surface area (Å²) in [6, 6.07) is 30.3. The van der Waals surface area contributed by atoms with Crippen LogP contribution in [0.3, 0.4) is 0 Å². The van der Waals surface area contributed by atoms with E-state index in [0.717, 1.165) is 28.6 Å². The molecule has 1 unspecified atom stereocenters. The number of fused-ring (bicyclic) bond motifs is 2. The van der Waals surface area contributed by atoms with E-state index in [1.165, 1.54) is 24.0 Å². The van der Waals surface area contributed by atoms with Crippen molar-refractivity contribution in [3.63, 3.8) is 0 Å². The van der Waals surface area contributed by atoms with Gasteiger partial charge in [0.15, 0.2) is 5.58 Å². The molecule has 2 amide bonds. The van der Waals surface area contributed by atoms with E-state index in [1.54, 1.807) is 24.3 Å². The number of para-hydroxylation sites is 2. The number of nitrogens with zero attached hydrogens (tertiary/aromatic N) is 1. The minimum atomic E-state index is -4.18. The molecule has 9 nitrogen and oxygen atoms in total. The van der Waals surface area contributed by atoms with Gasteiger partial charge in [-0.1, -0.05) is 75.4 Å². The van der Waals surface area contributed by atoms with Gasteiger partial charge in [0.2, 0.25) is 11.8 Å². The molecular formula is C42H43N3O6S. The molecule has 0 aliphatic heterocycles. The number of hydrogen-bond donors (Lipinski definition) is 3. The number of hydrogen-bond acceptors (Lipinski definition) is 6. The smallest absolute Gasteiger partial charge is 0.266 e. The highest BCUT2D eigenvalue weighted by Gasteiger charge is 2.54. The van der Waals surface area contributed by atoms with Crippen molar-refractivity contribution in [2.45, 2.75) is 52.4 Å². The van der Waals surface area contributed by atoms with Crippen molar-refractivity contribution in [1.82, 2.24) is 10.3 Å². The number of carbonyl (C=O) groups excluding carboxylic acids is 2. The van der Waals surface area contributed by atoms with Crippen LogP contribution >= 0.6 is 0 Å². The topological polar surface area (TPSA) is 139 Å². The van der Waals surface area contributed by atoms with E-state index in [2.05, 4.69) is 66.7 Å². The molecule has 4 aromatic carbocycles. The molecule has 0 bridgehead atoms. The van der Waals surface area contributed by atoms with E-state index >= 15 is 0 Å². The molecule has 7 rings (SSSR count). The van der Waals surface area contributed by atoms with Crippen LogP contribution in [0.5, 0.6) is 0 Å². The van der Waals surface area contributed by atoms with Crippen LogP contribution in [-0.4, -0.2) is 42.1 Å². The largest absolute Gasteiger partial charge is 0.436 e. The van der Waals surface area contributed by atoms with Gasteiger partial charge in [0.1, 0.15) is 5.52 Å². The van der Waals surface area contributed by atoms with Crippen LogP contribution in [-0.2, 0) is 21.3 Å². The zero-order chi connectivity index (χ0) is 36.7. The fourth-order valence-electron chi connectivity index (χ4n) is 8.09. The van der Waals surface area contributed by atoms with Crippen LogP contribution < -0.4 is 10.6 Å². The van der Waals surface area contributed by atoms with Crippen LogP contribution in [0.25, 0.3) is 28.1 Å². The monoisotopic (exact) mass is 717 g/mol. The lowest BCUT2D eigenvalue weighted by Gasteiger charge is -2.58. The van der Waals surface area contributed by atoms with Gasteiger partial charge >= 0.3 is 0 Å². The van der Waals surface area contributed by atoms with Crippen molar-refractivity contribution in [2.75, 3.05) is 17.6 Å². The first kappa shape index (κ1) is 35.3. The molecule has 2 aliphatic rings. The summed E-state index contributed by atoms with van der Waals surface area (Å²) in [4.78, 5) is 31.2. The standard InChI is InChI=1S/C42H43N3O6S/c1-41(2)22-20-34(42(3)23-21-37(41)42)29-14-12-28(13-15-29)33(26-27-8-10-30(11-9-27)38(46)43-24-25-52(48,49)50)39(47)44-32-18-16-31(17-19-32)40-45-35-6-4-5-7-36(35)51-40/h4-20,33,37H,21-26H2,1-3H3,(H,43,46)(H,44,47)(H,48,49,50)/t33?,37-,42+/m1/s1. The summed E-state index contributed by atoms with van der Waals surface area (Å²) in [5.41, 5.74) is 8.05. The van der Waals surface area contributed by atoms with Gasteiger partial charge < -0.3 is 15.1 Å². The highest BCUT2D eigenvalue weighted by molar-refractivity contribution is 7.85. The lowest BCUT2D eigenvalue weighted by atomic mass is 9.46. The number of amides is 2. The predicted octanol–water partition coefficient (Wildman–Crippen LogP) is 8.31. The number of benzene rings is 4. The van der Waals surface area contributed by atoms with Crippen molar-refractivity contribution in [2.24, 2.45) is 16.7 Å². The van der Waals surface area contributed by atoms with Crippen molar-refractivity contribution >= 4 is 44.3 Å². The normalized spacial score (nSPS) is 19.9. The highest BCUT2D eigenvalue weighted by atomic mass is 32.2. The second-order valence-electron chi connectivity index (χ2n) is 15.0. The highest BCUT2D eigenvalue weighted by Crippen LogP contribution is 2.64. The van der Waals surface area contributed by atoms with Crippen LogP contribution in [0, 0.1) is 16.7 Å². The first-order valence-electron chi connectivity index (χ1n) is 17.7. The number of anilines is 1. The number of oxazole rings is 1. The maximum atomic E-state index is 14.1. The molecule has 3 N–H and O–H groups in total. The molecular weight excluding hydrogens is 675 g/mol. The minimum absolute atomic E-state index is 0.157. The average molecular weight is 718 g/mol. The van der Waals surface area contributed by atoms with E-state index < -0.39 is 27.7 Å². The molecule has 1 saturated carbocycles. The lowest BCUT2D eigenvalue weighted by molar-refractivity contribution is -0.117. The Hall–Kier alpha value is -5.06. The third-order valence-corrected chi connectivity index (χ3v) is 11.8. The Bertz CT molecular complexity index is 2220. The Balaban J connectivity index is 1.11. The van der Waals surface area contributed by atoms with Gasteiger partial charge in [-0.05, 0) is 113 Å². The van der Waals surface area contributed by atoms with E-state index in [9.17, 15) is 18.0 Å². The van der Waals surface area contributed by atoms with Gasteiger partial charge in [0.05, 0.1) is 11.7 Å². The molecule has 268 valence electrons. The summed E-state index contributed by atoms with van der Waals surface area (Å²) in [5.74, 6) is -0.567. The van der Waals surface area contributed by atoms with Crippen molar-refractivity contribution in [1.29, 1.82) is 0 Å². The fraction of sp³-hybridized carbons (Fsp3) is 0.310. The minimum Gasteiger partial charge on any atom is -0.436 e. The molecule has 1 aromatic heterocycles. The van der Waals surface area contributed by atoms with Gasteiger partial charge in [-0.2, -0.15) is 8.42 Å². The quantitative estimate of drug-likeness (QED) is 0.117. The Morgan fingerprint density at radius 2 is 1.62 bits per heavy atom. The molecule has 52 heavy (non-hydrogen) atoms. The maximum Gasteiger partial charge on any atom is 0.266 e. The summed E-state index contributed by atoms with van der Waals surface area (Å²) >= 11 is 0. The molecule has 1 fully saturated rings. The second-order valence-corrected chi connectivity index (χ2v) is 16.6. The van der Waals surface area contributed by atoms with Crippen molar-refractivity contribution in [3.05, 3.63) is 125 Å². The van der Waals surface area contributed by atoms with E-state index in [-0.39, 0.29) is 23.3 Å². The first-order valence-corrected chi connectivity index (χ1v) is 19.3. The first-order chi connectivity index (χ1) is 24.8. The molecule has 0 radical (unpaired) electrons. The van der Waals surface area contributed by atoms with Crippen LogP contribution in [0.2, 0.25) is 0 Å². The number of rotatable bonds is 11. The Kier molecular flexibility index (Phi) is 9.39. The Labute approximate surface area is 304 Å². The summed E-state index contributed by atoms with van der Waals surface area (Å²) < 4.78 is 36.9. The van der Waals surface area contributed by atoms with E-state index in [0.29, 0.717) is 35.1 Å². The molecule has 0 spiro atoms. The second kappa shape index (κ2) is 13.8. The van der Waals surface area contributed by atoms with E-state index in [1.807, 2.05) is 48.5 Å². The molecule has 2 aliphatic carbocycles. The Morgan fingerprint density at radius 3 is 2.27 bits per heavy atom. The third kappa shape index (κ3) is 7.31. The maximum absolute atomic E-state index is 14.1. The molecule has 10 heteroatoms. The number of nitrogens with one attached hydrogen (secondary N) is 2.